The summed E-state index contributed by atoms with van der Waals surface area (Å²) in [6, 6.07) is 48.6. The van der Waals surface area contributed by atoms with Gasteiger partial charge in [0.15, 0.2) is 11.6 Å². The van der Waals surface area contributed by atoms with E-state index in [1.807, 2.05) is 73.8 Å². The van der Waals surface area contributed by atoms with E-state index in [0.717, 1.165) is 16.7 Å². The molecule has 59 heavy (non-hydrogen) atoms. The van der Waals surface area contributed by atoms with Crippen LogP contribution in [0.25, 0.3) is 11.3 Å². The first-order chi connectivity index (χ1) is 28.9. The van der Waals surface area contributed by atoms with Crippen LogP contribution in [-0.4, -0.2) is 41.4 Å². The first kappa shape index (κ1) is 38.6. The molecule has 0 bridgehead atoms. The Balaban J connectivity index is 1.50. The highest BCUT2D eigenvalue weighted by Crippen LogP contribution is 2.46. The van der Waals surface area contributed by atoms with Gasteiger partial charge in [-0.2, -0.15) is 5.26 Å². The zero-order valence-electron chi connectivity index (χ0n) is 32.4. The fraction of sp³-hybridized carbons (Fsp3) is 0.163. The summed E-state index contributed by atoms with van der Waals surface area (Å²) in [6.45, 7) is 3.04. The predicted molar refractivity (Wildman–Crippen MR) is 225 cm³/mol. The monoisotopic (exact) mass is 783 g/mol. The maximum absolute atomic E-state index is 17.6. The molecule has 9 nitrogen and oxygen atoms in total. The molecule has 10 heteroatoms. The van der Waals surface area contributed by atoms with Gasteiger partial charge in [-0.15, -0.1) is 0 Å². The highest BCUT2D eigenvalue weighted by Gasteiger charge is 2.42. The second kappa shape index (κ2) is 17.1. The molecule has 1 amide bonds. The molecule has 1 fully saturated rings. The molecule has 0 radical (unpaired) electrons. The highest BCUT2D eigenvalue weighted by atomic mass is 19.1. The van der Waals surface area contributed by atoms with Crippen LogP contribution in [0.2, 0.25) is 0 Å². The lowest BCUT2D eigenvalue weighted by Gasteiger charge is -2.39. The van der Waals surface area contributed by atoms with Gasteiger partial charge in [-0.25, -0.2) is 9.37 Å². The third kappa shape index (κ3) is 7.64. The van der Waals surface area contributed by atoms with Gasteiger partial charge in [-0.1, -0.05) is 109 Å². The number of hydrogen-bond acceptors (Lipinski definition) is 7. The van der Waals surface area contributed by atoms with Crippen LogP contribution in [0.1, 0.15) is 63.4 Å². The third-order valence-corrected chi connectivity index (χ3v) is 10.6. The number of nitriles is 1. The summed E-state index contributed by atoms with van der Waals surface area (Å²) in [7, 11) is 0. The van der Waals surface area contributed by atoms with E-state index in [0.29, 0.717) is 60.3 Å². The molecular weight excluding hydrogens is 742 g/mol. The lowest BCUT2D eigenvalue weighted by molar-refractivity contribution is 0.100. The zero-order chi connectivity index (χ0) is 40.8. The number of rotatable bonds is 14. The van der Waals surface area contributed by atoms with E-state index in [9.17, 15) is 10.1 Å². The Morgan fingerprint density at radius 3 is 2.08 bits per heavy atom. The number of hydrogen-bond donors (Lipinski definition) is 2. The summed E-state index contributed by atoms with van der Waals surface area (Å²) in [5.41, 5.74) is 10.1. The zero-order valence-corrected chi connectivity index (χ0v) is 32.4. The Labute approximate surface area is 342 Å². The molecule has 7 aromatic rings. The number of primary amides is 1. The Bertz CT molecular complexity index is 2490. The molecule has 0 saturated carbocycles. The minimum atomic E-state index is -1.12. The fourth-order valence-corrected chi connectivity index (χ4v) is 7.89. The van der Waals surface area contributed by atoms with Gasteiger partial charge in [0.05, 0.1) is 37.1 Å². The molecule has 3 N–H and O–H groups in total. The van der Waals surface area contributed by atoms with Gasteiger partial charge in [0.25, 0.3) is 0 Å². The second-order valence-electron chi connectivity index (χ2n) is 14.2. The number of aromatic nitrogens is 2. The number of nitrogens with two attached hydrogens (primary N) is 1. The molecule has 8 rings (SSSR count). The Hall–Kier alpha value is -7.22. The summed E-state index contributed by atoms with van der Waals surface area (Å²) >= 11 is 0. The summed E-state index contributed by atoms with van der Waals surface area (Å²) in [5, 5.41) is 13.3. The number of nitrogens with one attached hydrogen (secondary N) is 1. The molecule has 2 heterocycles. The van der Waals surface area contributed by atoms with Gasteiger partial charge in [0.2, 0.25) is 5.91 Å². The van der Waals surface area contributed by atoms with Crippen LogP contribution in [0, 0.1) is 17.1 Å². The van der Waals surface area contributed by atoms with Gasteiger partial charge in [0, 0.05) is 41.1 Å². The number of imidazole rings is 1. The van der Waals surface area contributed by atoms with E-state index in [1.165, 1.54) is 0 Å². The number of nitrogens with zero attached hydrogens (tertiary/aromatic N) is 3. The van der Waals surface area contributed by atoms with Crippen LogP contribution in [0.15, 0.2) is 158 Å². The molecule has 1 saturated heterocycles. The van der Waals surface area contributed by atoms with Crippen molar-refractivity contribution in [2.75, 3.05) is 25.1 Å². The van der Waals surface area contributed by atoms with E-state index >= 15 is 4.39 Å². The van der Waals surface area contributed by atoms with E-state index in [2.05, 4.69) is 52.4 Å². The molecule has 1 aromatic heterocycles. The van der Waals surface area contributed by atoms with Gasteiger partial charge in [0.1, 0.15) is 29.3 Å². The molecule has 2 unspecified atom stereocenters. The Morgan fingerprint density at radius 2 is 1.53 bits per heavy atom. The van der Waals surface area contributed by atoms with Crippen molar-refractivity contribution in [2.45, 2.75) is 31.0 Å². The van der Waals surface area contributed by atoms with Crippen LogP contribution >= 0.6 is 0 Å². The second-order valence-corrected chi connectivity index (χ2v) is 14.2. The quantitative estimate of drug-likeness (QED) is 0.105. The van der Waals surface area contributed by atoms with Crippen molar-refractivity contribution in [1.82, 2.24) is 9.55 Å². The fourth-order valence-electron chi connectivity index (χ4n) is 7.89. The van der Waals surface area contributed by atoms with Crippen LogP contribution in [-0.2, 0) is 10.3 Å². The third-order valence-electron chi connectivity index (χ3n) is 10.6. The number of carbonyl (C=O) groups excluding carboxylic acids is 1. The first-order valence-electron chi connectivity index (χ1n) is 19.5. The van der Waals surface area contributed by atoms with Crippen LogP contribution in [0.5, 0.6) is 11.5 Å². The van der Waals surface area contributed by atoms with Crippen molar-refractivity contribution >= 4 is 11.6 Å². The number of carbonyl (C=O) groups is 1. The SMILES string of the molecule is CCOc1cc(OC2CCOC2)c(F)c(C(Nc2ccc(C#N)cc2)c2nc(-c3ccccc3C(N)=O)cn2C(c2ccccc2)(c2ccccc2)c2ccccc2)c1. The van der Waals surface area contributed by atoms with E-state index in [4.69, 9.17) is 24.9 Å². The Kier molecular flexibility index (Phi) is 11.2. The number of benzene rings is 6. The molecule has 1 aliphatic heterocycles. The van der Waals surface area contributed by atoms with Gasteiger partial charge < -0.3 is 29.8 Å². The summed E-state index contributed by atoms with van der Waals surface area (Å²) in [4.78, 5) is 18.4. The average Bonchev–Trinajstić information content (AvgIpc) is 3.97. The first-order valence-corrected chi connectivity index (χ1v) is 19.5. The molecule has 2 atom stereocenters. The average molecular weight is 784 g/mol. The van der Waals surface area contributed by atoms with Crippen molar-refractivity contribution in [1.29, 1.82) is 5.26 Å². The van der Waals surface area contributed by atoms with Crippen molar-refractivity contribution in [2.24, 2.45) is 5.73 Å². The van der Waals surface area contributed by atoms with Gasteiger partial charge in [-0.05, 0) is 60.0 Å². The number of ether oxygens (including phenoxy) is 3. The normalized spacial score (nSPS) is 14.3. The largest absolute Gasteiger partial charge is 0.494 e. The minimum absolute atomic E-state index is 0.0194. The molecule has 0 spiro atoms. The van der Waals surface area contributed by atoms with Gasteiger partial charge in [-0.3, -0.25) is 4.79 Å². The van der Waals surface area contributed by atoms with Crippen molar-refractivity contribution in [3.05, 3.63) is 203 Å². The topological polar surface area (TPSA) is 124 Å². The van der Waals surface area contributed by atoms with Crippen LogP contribution < -0.4 is 20.5 Å². The summed E-state index contributed by atoms with van der Waals surface area (Å²) in [5.74, 6) is -0.404. The van der Waals surface area contributed by atoms with Gasteiger partial charge >= 0.3 is 0 Å². The van der Waals surface area contributed by atoms with Crippen LogP contribution in [0.4, 0.5) is 10.1 Å². The smallest absolute Gasteiger partial charge is 0.249 e. The van der Waals surface area contributed by atoms with Crippen molar-refractivity contribution in [3.63, 3.8) is 0 Å². The maximum Gasteiger partial charge on any atom is 0.249 e. The number of amides is 1. The Morgan fingerprint density at radius 1 is 0.915 bits per heavy atom. The molecular formula is C49H42FN5O4. The summed E-state index contributed by atoms with van der Waals surface area (Å²) < 4.78 is 37.6. The van der Waals surface area contributed by atoms with E-state index in [1.54, 1.807) is 54.6 Å². The lowest BCUT2D eigenvalue weighted by atomic mass is 9.76. The minimum Gasteiger partial charge on any atom is -0.494 e. The lowest BCUT2D eigenvalue weighted by Crippen LogP contribution is -2.39. The summed E-state index contributed by atoms with van der Waals surface area (Å²) in [6.07, 6.45) is 2.18. The highest BCUT2D eigenvalue weighted by molar-refractivity contribution is 5.99. The van der Waals surface area contributed by atoms with E-state index in [-0.39, 0.29) is 23.0 Å². The number of halogens is 1. The van der Waals surface area contributed by atoms with Crippen LogP contribution in [0.3, 0.4) is 0 Å². The number of anilines is 1. The molecule has 0 aliphatic carbocycles. The molecule has 1 aliphatic rings. The standard InChI is InChI=1S/C49H42FN5O4/c1-2-58-39-28-42(45(50)44(29-39)59-38-26-27-57-32-38)46(53-37-24-22-33(30-51)23-25-37)48-54-43(40-20-12-13-21-41(40)47(52)56)31-55(48)49(34-14-6-3-7-15-34,35-16-8-4-9-17-35)36-18-10-5-11-19-36/h3-25,28-29,31,38,46,53H,2,26-27,32H2,1H3,(H2,52,56). The van der Waals surface area contributed by atoms with E-state index < -0.39 is 23.3 Å². The molecule has 294 valence electrons. The van der Waals surface area contributed by atoms with Crippen molar-refractivity contribution in [3.8, 4) is 28.8 Å². The van der Waals surface area contributed by atoms with Crippen molar-refractivity contribution < 1.29 is 23.4 Å². The molecule has 6 aromatic carbocycles. The predicted octanol–water partition coefficient (Wildman–Crippen LogP) is 9.27. The maximum atomic E-state index is 17.6.